The lowest BCUT2D eigenvalue weighted by molar-refractivity contribution is 0.360. The third-order valence-corrected chi connectivity index (χ3v) is 12.4. The third kappa shape index (κ3) is 5.72. The number of para-hydroxylation sites is 2. The zero-order valence-electron chi connectivity index (χ0n) is 33.7. The molecule has 1 atom stereocenters. The van der Waals surface area contributed by atoms with Gasteiger partial charge in [-0.15, -0.1) is 0 Å². The van der Waals surface area contributed by atoms with E-state index in [0.717, 1.165) is 78.2 Å². The smallest absolute Gasteiger partial charge is 0.178 e. The molecule has 62 heavy (non-hydrogen) atoms. The van der Waals surface area contributed by atoms with Crippen LogP contribution in [0.5, 0.6) is 23.0 Å². The number of pyridine rings is 1. The van der Waals surface area contributed by atoms with Crippen molar-refractivity contribution in [2.75, 3.05) is 4.90 Å². The van der Waals surface area contributed by atoms with E-state index in [-0.39, 0.29) is 0 Å². The van der Waals surface area contributed by atoms with Gasteiger partial charge in [0, 0.05) is 34.2 Å². The topological polar surface area (TPSA) is 34.6 Å². The van der Waals surface area contributed by atoms with Gasteiger partial charge in [0.25, 0.3) is 0 Å². The number of fused-ring (bicyclic) bond motifs is 7. The molecular formula is C58H38N2O2. The van der Waals surface area contributed by atoms with E-state index < -0.39 is 5.41 Å². The summed E-state index contributed by atoms with van der Waals surface area (Å²) in [5.74, 6) is 2.88. The van der Waals surface area contributed by atoms with E-state index in [9.17, 15) is 0 Å². The van der Waals surface area contributed by atoms with Gasteiger partial charge in [-0.2, -0.15) is 0 Å². The normalized spacial score (nSPS) is 14.5. The SMILES string of the molecule is c1ccc(-c2cc(-c3ccccc3)cc(N(c3ccc(C4(c5ccccc5)c5ccccc5-c5c4ccc4c5Oc5ccccc5O4)cc3)c3ccc4ncccc4c3)c2)cc1. The Morgan fingerprint density at radius 2 is 1.00 bits per heavy atom. The quantitative estimate of drug-likeness (QED) is 0.161. The summed E-state index contributed by atoms with van der Waals surface area (Å²) < 4.78 is 13.3. The fraction of sp³-hybridized carbons (Fsp3) is 0.0172. The van der Waals surface area contributed by atoms with Gasteiger partial charge in [0.15, 0.2) is 23.0 Å². The van der Waals surface area contributed by atoms with Crippen molar-refractivity contribution < 1.29 is 9.47 Å². The molecule has 0 spiro atoms. The van der Waals surface area contributed by atoms with Crippen molar-refractivity contribution in [3.05, 3.63) is 253 Å². The molecule has 0 saturated heterocycles. The average Bonchev–Trinajstić information content (AvgIpc) is 3.66. The van der Waals surface area contributed by atoms with Crippen molar-refractivity contribution in [3.8, 4) is 56.4 Å². The third-order valence-electron chi connectivity index (χ3n) is 12.4. The van der Waals surface area contributed by atoms with Gasteiger partial charge < -0.3 is 14.4 Å². The van der Waals surface area contributed by atoms with Gasteiger partial charge in [0.2, 0.25) is 0 Å². The van der Waals surface area contributed by atoms with Crippen molar-refractivity contribution in [2.24, 2.45) is 0 Å². The van der Waals surface area contributed by atoms with Gasteiger partial charge >= 0.3 is 0 Å². The number of nitrogens with zero attached hydrogens (tertiary/aromatic N) is 2. The van der Waals surface area contributed by atoms with Gasteiger partial charge in [-0.3, -0.25) is 4.98 Å². The molecule has 0 fully saturated rings. The highest BCUT2D eigenvalue weighted by Gasteiger charge is 2.48. The largest absolute Gasteiger partial charge is 0.449 e. The lowest BCUT2D eigenvalue weighted by Crippen LogP contribution is -2.28. The van der Waals surface area contributed by atoms with Crippen LogP contribution in [0.25, 0.3) is 44.3 Å². The highest BCUT2D eigenvalue weighted by Crippen LogP contribution is 2.62. The first-order valence-corrected chi connectivity index (χ1v) is 21.0. The Labute approximate surface area is 360 Å². The summed E-state index contributed by atoms with van der Waals surface area (Å²) in [6.07, 6.45) is 1.85. The summed E-state index contributed by atoms with van der Waals surface area (Å²) in [5, 5.41) is 1.08. The van der Waals surface area contributed by atoms with Crippen LogP contribution < -0.4 is 14.4 Å². The molecule has 1 aliphatic carbocycles. The minimum atomic E-state index is -0.645. The summed E-state index contributed by atoms with van der Waals surface area (Å²) in [5.41, 5.74) is 14.9. The number of ether oxygens (including phenoxy) is 2. The standard InChI is InChI=1S/C58H38N2O2/c1-4-15-39(16-5-1)42-35-43(40-17-6-2-7-18-40)38-48(37-42)60(47-30-32-52-41(36-47)19-14-34-59-52)46-28-26-45(27-29-46)58(44-20-8-3-9-21-44)50-23-11-10-22-49(50)56-51(58)31-33-55-57(56)62-54-25-13-12-24-53(54)61-55/h1-38H. The molecule has 1 aliphatic heterocycles. The Kier molecular flexibility index (Phi) is 8.36. The molecule has 4 heteroatoms. The molecule has 9 aromatic carbocycles. The number of benzene rings is 9. The van der Waals surface area contributed by atoms with Crippen LogP contribution in [0.2, 0.25) is 0 Å². The van der Waals surface area contributed by atoms with Crippen molar-refractivity contribution in [1.29, 1.82) is 0 Å². The Hall–Kier alpha value is -8.21. The maximum Gasteiger partial charge on any atom is 0.178 e. The van der Waals surface area contributed by atoms with Crippen LogP contribution >= 0.6 is 0 Å². The zero-order chi connectivity index (χ0) is 41.0. The summed E-state index contributed by atoms with van der Waals surface area (Å²) in [7, 11) is 0. The number of rotatable bonds is 7. The van der Waals surface area contributed by atoms with Crippen LogP contribution in [0.1, 0.15) is 22.3 Å². The number of aromatic nitrogens is 1. The number of hydrogen-bond donors (Lipinski definition) is 0. The highest BCUT2D eigenvalue weighted by atomic mass is 16.6. The minimum Gasteiger partial charge on any atom is -0.449 e. The van der Waals surface area contributed by atoms with E-state index in [1.807, 2.05) is 36.5 Å². The van der Waals surface area contributed by atoms with Crippen molar-refractivity contribution >= 4 is 28.0 Å². The fourth-order valence-corrected chi connectivity index (χ4v) is 9.67. The van der Waals surface area contributed by atoms with E-state index in [4.69, 9.17) is 9.47 Å². The molecule has 2 aliphatic rings. The first-order valence-electron chi connectivity index (χ1n) is 21.0. The van der Waals surface area contributed by atoms with Gasteiger partial charge in [-0.25, -0.2) is 0 Å². The van der Waals surface area contributed by atoms with Crippen LogP contribution in [0.3, 0.4) is 0 Å². The van der Waals surface area contributed by atoms with Gasteiger partial charge in [0.1, 0.15) is 0 Å². The lowest BCUT2D eigenvalue weighted by atomic mass is 9.67. The molecule has 0 saturated carbocycles. The second-order valence-corrected chi connectivity index (χ2v) is 15.9. The Morgan fingerprint density at radius 1 is 0.387 bits per heavy atom. The summed E-state index contributed by atoms with van der Waals surface area (Å²) in [6, 6.07) is 79.9. The molecule has 0 radical (unpaired) electrons. The molecule has 4 nitrogen and oxygen atoms in total. The van der Waals surface area contributed by atoms with E-state index in [2.05, 4.69) is 204 Å². The highest BCUT2D eigenvalue weighted by molar-refractivity contribution is 5.93. The van der Waals surface area contributed by atoms with Crippen molar-refractivity contribution in [1.82, 2.24) is 4.98 Å². The molecule has 12 rings (SSSR count). The Balaban J connectivity index is 1.07. The predicted octanol–water partition coefficient (Wildman–Crippen LogP) is 15.3. The molecule has 0 amide bonds. The van der Waals surface area contributed by atoms with Crippen LogP contribution in [0.15, 0.2) is 231 Å². The summed E-state index contributed by atoms with van der Waals surface area (Å²) >= 11 is 0. The van der Waals surface area contributed by atoms with Crippen LogP contribution in [0, 0.1) is 0 Å². The zero-order valence-corrected chi connectivity index (χ0v) is 33.7. The van der Waals surface area contributed by atoms with Crippen LogP contribution in [0.4, 0.5) is 17.1 Å². The lowest BCUT2D eigenvalue weighted by Gasteiger charge is -2.35. The predicted molar refractivity (Wildman–Crippen MR) is 251 cm³/mol. The average molecular weight is 795 g/mol. The Morgan fingerprint density at radius 3 is 1.73 bits per heavy atom. The first-order chi connectivity index (χ1) is 30.7. The Bertz CT molecular complexity index is 3240. The molecule has 1 unspecified atom stereocenters. The van der Waals surface area contributed by atoms with Crippen molar-refractivity contribution in [3.63, 3.8) is 0 Å². The molecule has 0 N–H and O–H groups in total. The maximum absolute atomic E-state index is 6.77. The van der Waals surface area contributed by atoms with Crippen molar-refractivity contribution in [2.45, 2.75) is 5.41 Å². The summed E-state index contributed by atoms with van der Waals surface area (Å²) in [4.78, 5) is 7.04. The van der Waals surface area contributed by atoms with E-state index in [1.54, 1.807) is 0 Å². The molecule has 1 aromatic heterocycles. The molecule has 292 valence electrons. The van der Waals surface area contributed by atoms with Crippen LogP contribution in [-0.2, 0) is 5.41 Å². The molecule has 0 bridgehead atoms. The second-order valence-electron chi connectivity index (χ2n) is 15.9. The first kappa shape index (κ1) is 35.7. The number of hydrogen-bond acceptors (Lipinski definition) is 4. The number of anilines is 3. The fourth-order valence-electron chi connectivity index (χ4n) is 9.67. The molecule has 10 aromatic rings. The van der Waals surface area contributed by atoms with Gasteiger partial charge in [-0.1, -0.05) is 152 Å². The second kappa shape index (κ2) is 14.5. The molecular weight excluding hydrogens is 757 g/mol. The van der Waals surface area contributed by atoms with Gasteiger partial charge in [-0.05, 0) is 123 Å². The maximum atomic E-state index is 6.77. The van der Waals surface area contributed by atoms with Gasteiger partial charge in [0.05, 0.1) is 10.9 Å². The minimum absolute atomic E-state index is 0.645. The summed E-state index contributed by atoms with van der Waals surface area (Å²) in [6.45, 7) is 0. The van der Waals surface area contributed by atoms with Crippen LogP contribution in [-0.4, -0.2) is 4.98 Å². The monoisotopic (exact) mass is 794 g/mol. The van der Waals surface area contributed by atoms with E-state index in [1.165, 1.54) is 11.1 Å². The van der Waals surface area contributed by atoms with E-state index in [0.29, 0.717) is 17.2 Å². The molecule has 2 heterocycles. The van der Waals surface area contributed by atoms with E-state index >= 15 is 0 Å².